The minimum absolute atomic E-state index is 0.0300. The number of amides is 1. The fourth-order valence-corrected chi connectivity index (χ4v) is 1.34. The van der Waals surface area contributed by atoms with E-state index in [1.807, 2.05) is 0 Å². The maximum absolute atomic E-state index is 12.3. The topological polar surface area (TPSA) is 69.1 Å². The number of azide groups is 1. The number of alkyl halides is 3. The van der Waals surface area contributed by atoms with Crippen LogP contribution in [0.2, 0.25) is 0 Å². The molecule has 5 nitrogen and oxygen atoms in total. The Morgan fingerprint density at radius 1 is 1.44 bits per heavy atom. The van der Waals surface area contributed by atoms with Crippen LogP contribution in [0.25, 0.3) is 10.4 Å². The lowest BCUT2D eigenvalue weighted by Gasteiger charge is -2.20. The Balaban J connectivity index is 3.25. The zero-order chi connectivity index (χ0) is 13.9. The van der Waals surface area contributed by atoms with Crippen molar-refractivity contribution in [3.05, 3.63) is 34.2 Å². The van der Waals surface area contributed by atoms with E-state index in [4.69, 9.17) is 5.53 Å². The second kappa shape index (κ2) is 4.97. The summed E-state index contributed by atoms with van der Waals surface area (Å²) in [5.41, 5.74) is 8.92. The fourth-order valence-electron chi connectivity index (χ4n) is 1.34. The number of rotatable bonds is 2. The Labute approximate surface area is 100 Å². The molecule has 1 amide bonds. The molecule has 0 saturated carbocycles. The number of carbonyl (C=O) groups is 1. The number of aryl methyl sites for hydroxylation is 1. The van der Waals surface area contributed by atoms with Crippen LogP contribution in [0.1, 0.15) is 5.56 Å². The Hall–Kier alpha value is -2.21. The molecule has 0 aliphatic rings. The van der Waals surface area contributed by atoms with Crippen LogP contribution >= 0.6 is 0 Å². The number of hydrogen-bond acceptors (Lipinski definition) is 2. The molecule has 1 aromatic rings. The molecule has 8 heteroatoms. The van der Waals surface area contributed by atoms with E-state index in [1.54, 1.807) is 6.92 Å². The first kappa shape index (κ1) is 13.9. The summed E-state index contributed by atoms with van der Waals surface area (Å²) >= 11 is 0. The molecule has 0 saturated heterocycles. The molecule has 1 aromatic carbocycles. The van der Waals surface area contributed by atoms with Gasteiger partial charge in [-0.05, 0) is 24.6 Å². The van der Waals surface area contributed by atoms with Crippen molar-refractivity contribution in [1.82, 2.24) is 0 Å². The molecule has 0 spiro atoms. The van der Waals surface area contributed by atoms with E-state index < -0.39 is 12.1 Å². The summed E-state index contributed by atoms with van der Waals surface area (Å²) in [6, 6.07) is 4.21. The van der Waals surface area contributed by atoms with Crippen molar-refractivity contribution in [1.29, 1.82) is 0 Å². The smallest absolute Gasteiger partial charge is 0.307 e. The Morgan fingerprint density at radius 3 is 2.56 bits per heavy atom. The van der Waals surface area contributed by atoms with Crippen molar-refractivity contribution in [2.24, 2.45) is 5.11 Å². The molecule has 0 atom stereocenters. The highest BCUT2D eigenvalue weighted by Crippen LogP contribution is 2.31. The minimum atomic E-state index is -4.98. The first-order chi connectivity index (χ1) is 8.27. The molecule has 0 radical (unpaired) electrons. The summed E-state index contributed by atoms with van der Waals surface area (Å²) in [6.07, 6.45) is -4.98. The van der Waals surface area contributed by atoms with Gasteiger partial charge < -0.3 is 4.90 Å². The van der Waals surface area contributed by atoms with Gasteiger partial charge in [-0.2, -0.15) is 13.2 Å². The fraction of sp³-hybridized carbons (Fsp3) is 0.300. The second-order valence-corrected chi connectivity index (χ2v) is 3.54. The highest BCUT2D eigenvalue weighted by Gasteiger charge is 2.42. The Morgan fingerprint density at radius 2 is 2.06 bits per heavy atom. The van der Waals surface area contributed by atoms with E-state index in [2.05, 4.69) is 10.0 Å². The average Bonchev–Trinajstić information content (AvgIpc) is 2.26. The average molecular weight is 258 g/mol. The van der Waals surface area contributed by atoms with Crippen LogP contribution in [-0.4, -0.2) is 19.1 Å². The first-order valence-electron chi connectivity index (χ1n) is 4.78. The standard InChI is InChI=1S/C10H9F3N4O/c1-6-3-4-8(7(5-6)15-16-14)17(2)9(18)10(11,12)13/h3-5H,1-2H3. The lowest BCUT2D eigenvalue weighted by Crippen LogP contribution is -2.38. The van der Waals surface area contributed by atoms with Crippen LogP contribution in [0.15, 0.2) is 23.3 Å². The maximum atomic E-state index is 12.3. The number of nitrogens with zero attached hydrogens (tertiary/aromatic N) is 4. The van der Waals surface area contributed by atoms with Crippen LogP contribution in [0.5, 0.6) is 0 Å². The lowest BCUT2D eigenvalue weighted by molar-refractivity contribution is -0.170. The molecule has 18 heavy (non-hydrogen) atoms. The largest absolute Gasteiger partial charge is 0.471 e. The second-order valence-electron chi connectivity index (χ2n) is 3.54. The molecule has 0 aromatic heterocycles. The highest BCUT2D eigenvalue weighted by atomic mass is 19.4. The van der Waals surface area contributed by atoms with Crippen molar-refractivity contribution in [3.8, 4) is 0 Å². The predicted molar refractivity (Wildman–Crippen MR) is 59.5 cm³/mol. The van der Waals surface area contributed by atoms with Gasteiger partial charge in [0.1, 0.15) is 0 Å². The van der Waals surface area contributed by atoms with Gasteiger partial charge >= 0.3 is 12.1 Å². The zero-order valence-corrected chi connectivity index (χ0v) is 9.56. The quantitative estimate of drug-likeness (QED) is 0.455. The maximum Gasteiger partial charge on any atom is 0.471 e. The lowest BCUT2D eigenvalue weighted by atomic mass is 10.2. The third kappa shape index (κ3) is 2.92. The van der Waals surface area contributed by atoms with Crippen LogP contribution in [0.4, 0.5) is 24.5 Å². The van der Waals surface area contributed by atoms with E-state index in [-0.39, 0.29) is 11.4 Å². The third-order valence-corrected chi connectivity index (χ3v) is 2.19. The normalized spacial score (nSPS) is 10.7. The van der Waals surface area contributed by atoms with Crippen LogP contribution in [-0.2, 0) is 4.79 Å². The number of halogens is 3. The molecule has 1 rings (SSSR count). The number of hydrogen-bond donors (Lipinski definition) is 0. The molecule has 0 bridgehead atoms. The molecular weight excluding hydrogens is 249 g/mol. The number of carbonyl (C=O) groups excluding carboxylic acids is 1. The minimum Gasteiger partial charge on any atom is -0.307 e. The van der Waals surface area contributed by atoms with Crippen molar-refractivity contribution >= 4 is 17.3 Å². The molecule has 0 unspecified atom stereocenters. The summed E-state index contributed by atoms with van der Waals surface area (Å²) < 4.78 is 36.9. The SMILES string of the molecule is Cc1ccc(N(C)C(=O)C(F)(F)F)c(N=[N+]=[N-])c1. The van der Waals surface area contributed by atoms with Gasteiger partial charge in [0, 0.05) is 12.0 Å². The molecule has 96 valence electrons. The summed E-state index contributed by atoms with van der Waals surface area (Å²) in [6.45, 7) is 1.69. The van der Waals surface area contributed by atoms with Gasteiger partial charge in [0.2, 0.25) is 0 Å². The Kier molecular flexibility index (Phi) is 3.82. The van der Waals surface area contributed by atoms with E-state index in [9.17, 15) is 18.0 Å². The molecular formula is C10H9F3N4O. The van der Waals surface area contributed by atoms with Gasteiger partial charge in [0.25, 0.3) is 0 Å². The van der Waals surface area contributed by atoms with Gasteiger partial charge in [-0.1, -0.05) is 16.7 Å². The van der Waals surface area contributed by atoms with E-state index in [0.717, 1.165) is 7.05 Å². The summed E-state index contributed by atoms with van der Waals surface area (Å²) in [5.74, 6) is -2.03. The van der Waals surface area contributed by atoms with Crippen molar-refractivity contribution in [2.75, 3.05) is 11.9 Å². The van der Waals surface area contributed by atoms with Crippen molar-refractivity contribution < 1.29 is 18.0 Å². The van der Waals surface area contributed by atoms with Gasteiger partial charge in [-0.15, -0.1) is 0 Å². The first-order valence-corrected chi connectivity index (χ1v) is 4.78. The predicted octanol–water partition coefficient (Wildman–Crippen LogP) is 3.46. The summed E-state index contributed by atoms with van der Waals surface area (Å²) in [7, 11) is 0.969. The number of anilines is 1. The van der Waals surface area contributed by atoms with Crippen molar-refractivity contribution in [3.63, 3.8) is 0 Å². The van der Waals surface area contributed by atoms with Gasteiger partial charge in [-0.3, -0.25) is 4.79 Å². The van der Waals surface area contributed by atoms with Gasteiger partial charge in [0.15, 0.2) is 0 Å². The van der Waals surface area contributed by atoms with E-state index in [0.29, 0.717) is 10.5 Å². The summed E-state index contributed by atoms with van der Waals surface area (Å²) in [4.78, 5) is 14.0. The summed E-state index contributed by atoms with van der Waals surface area (Å²) in [5, 5.41) is 3.27. The molecule has 0 heterocycles. The molecule has 0 aliphatic heterocycles. The third-order valence-electron chi connectivity index (χ3n) is 2.19. The van der Waals surface area contributed by atoms with Crippen LogP contribution in [0, 0.1) is 6.92 Å². The zero-order valence-electron chi connectivity index (χ0n) is 9.56. The van der Waals surface area contributed by atoms with Crippen LogP contribution in [0.3, 0.4) is 0 Å². The molecule has 0 N–H and O–H groups in total. The highest BCUT2D eigenvalue weighted by molar-refractivity contribution is 5.99. The molecule has 0 fully saturated rings. The Bertz CT molecular complexity index is 520. The monoisotopic (exact) mass is 258 g/mol. The van der Waals surface area contributed by atoms with Gasteiger partial charge in [0.05, 0.1) is 11.4 Å². The van der Waals surface area contributed by atoms with E-state index >= 15 is 0 Å². The van der Waals surface area contributed by atoms with Crippen LogP contribution < -0.4 is 4.90 Å². The molecule has 0 aliphatic carbocycles. The van der Waals surface area contributed by atoms with Crippen molar-refractivity contribution in [2.45, 2.75) is 13.1 Å². The van der Waals surface area contributed by atoms with E-state index in [1.165, 1.54) is 18.2 Å². The number of benzene rings is 1. The van der Waals surface area contributed by atoms with Gasteiger partial charge in [-0.25, -0.2) is 0 Å².